The fraction of sp³-hybridized carbons (Fsp3) is 0.467. The van der Waals surface area contributed by atoms with Gasteiger partial charge >= 0.3 is 0 Å². The first kappa shape index (κ1) is 12.2. The summed E-state index contributed by atoms with van der Waals surface area (Å²) in [5.74, 6) is 0.140. The van der Waals surface area contributed by atoms with Crippen molar-refractivity contribution in [2.24, 2.45) is 0 Å². The van der Waals surface area contributed by atoms with Crippen molar-refractivity contribution in [3.63, 3.8) is 0 Å². The van der Waals surface area contributed by atoms with Gasteiger partial charge in [0.15, 0.2) is 0 Å². The molecule has 3 rings (SSSR count). The van der Waals surface area contributed by atoms with Crippen LogP contribution >= 0.6 is 0 Å². The number of benzene rings is 1. The van der Waals surface area contributed by atoms with E-state index in [1.165, 1.54) is 5.56 Å². The number of para-hydroxylation sites is 1. The smallest absolute Gasteiger partial charge is 0.246 e. The number of carbonyl (C=O) groups excluding carboxylic acids is 2. The summed E-state index contributed by atoms with van der Waals surface area (Å²) in [7, 11) is 0. The van der Waals surface area contributed by atoms with Crippen LogP contribution < -0.4 is 4.90 Å². The largest absolute Gasteiger partial charge is 0.333 e. The van der Waals surface area contributed by atoms with Crippen molar-refractivity contribution < 1.29 is 9.59 Å². The van der Waals surface area contributed by atoms with Crippen molar-refractivity contribution >= 4 is 17.5 Å². The van der Waals surface area contributed by atoms with Gasteiger partial charge in [0.25, 0.3) is 0 Å². The predicted octanol–water partition coefficient (Wildman–Crippen LogP) is 1.59. The second kappa shape index (κ2) is 4.68. The lowest BCUT2D eigenvalue weighted by molar-refractivity contribution is -0.132. The van der Waals surface area contributed by atoms with Crippen LogP contribution in [0.2, 0.25) is 0 Å². The van der Waals surface area contributed by atoms with Crippen LogP contribution in [-0.2, 0) is 16.0 Å². The van der Waals surface area contributed by atoms with Gasteiger partial charge in [-0.25, -0.2) is 0 Å². The molecule has 1 fully saturated rings. The van der Waals surface area contributed by atoms with Crippen LogP contribution in [0.3, 0.4) is 0 Å². The first-order chi connectivity index (χ1) is 9.16. The van der Waals surface area contributed by atoms with Crippen molar-refractivity contribution in [3.05, 3.63) is 29.8 Å². The van der Waals surface area contributed by atoms with E-state index >= 15 is 0 Å². The van der Waals surface area contributed by atoms with E-state index in [0.29, 0.717) is 13.0 Å². The molecule has 1 aromatic carbocycles. The number of amides is 2. The minimum atomic E-state index is 0.0349. The molecule has 0 aromatic heterocycles. The third kappa shape index (κ3) is 2.11. The summed E-state index contributed by atoms with van der Waals surface area (Å²) in [5, 5.41) is 0. The van der Waals surface area contributed by atoms with Crippen molar-refractivity contribution in [1.82, 2.24) is 4.90 Å². The van der Waals surface area contributed by atoms with E-state index in [2.05, 4.69) is 13.0 Å². The Kier molecular flexibility index (Phi) is 3.01. The molecule has 0 aliphatic carbocycles. The van der Waals surface area contributed by atoms with Gasteiger partial charge in [-0.15, -0.1) is 0 Å². The Morgan fingerprint density at radius 3 is 2.89 bits per heavy atom. The number of fused-ring (bicyclic) bond motifs is 1. The van der Waals surface area contributed by atoms with Gasteiger partial charge in [0.2, 0.25) is 11.8 Å². The summed E-state index contributed by atoms with van der Waals surface area (Å²) in [6.45, 7) is 3.00. The van der Waals surface area contributed by atoms with E-state index in [0.717, 1.165) is 18.5 Å². The number of rotatable bonds is 2. The summed E-state index contributed by atoms with van der Waals surface area (Å²) in [4.78, 5) is 27.6. The number of hydrogen-bond acceptors (Lipinski definition) is 2. The molecule has 4 nitrogen and oxygen atoms in total. The maximum atomic E-state index is 12.5. The SMILES string of the molecule is C[C@@H]1Cc2ccccc2N1C(=O)CN1CCCC1=O. The zero-order valence-corrected chi connectivity index (χ0v) is 11.1. The van der Waals surface area contributed by atoms with Gasteiger partial charge in [0.1, 0.15) is 6.54 Å². The normalized spacial score (nSPS) is 21.9. The van der Waals surface area contributed by atoms with E-state index in [-0.39, 0.29) is 24.4 Å². The van der Waals surface area contributed by atoms with E-state index in [9.17, 15) is 9.59 Å². The monoisotopic (exact) mass is 258 g/mol. The second-order valence-corrected chi connectivity index (χ2v) is 5.36. The van der Waals surface area contributed by atoms with Gasteiger partial charge < -0.3 is 9.80 Å². The zero-order valence-electron chi connectivity index (χ0n) is 11.1. The fourth-order valence-corrected chi connectivity index (χ4v) is 3.06. The first-order valence-electron chi connectivity index (χ1n) is 6.84. The molecule has 2 amide bonds. The lowest BCUT2D eigenvalue weighted by Gasteiger charge is -2.25. The van der Waals surface area contributed by atoms with Crippen molar-refractivity contribution in [2.45, 2.75) is 32.2 Å². The summed E-state index contributed by atoms with van der Waals surface area (Å²) in [6, 6.07) is 8.20. The standard InChI is InChI=1S/C15H18N2O2/c1-11-9-12-5-2-3-6-13(12)17(11)15(19)10-16-8-4-7-14(16)18/h2-3,5-6,11H,4,7-10H2,1H3/t11-/m1/s1. The van der Waals surface area contributed by atoms with E-state index in [1.807, 2.05) is 23.1 Å². The van der Waals surface area contributed by atoms with Crippen molar-refractivity contribution in [3.8, 4) is 0 Å². The van der Waals surface area contributed by atoms with Crippen LogP contribution in [0.5, 0.6) is 0 Å². The predicted molar refractivity (Wildman–Crippen MR) is 72.9 cm³/mol. The van der Waals surface area contributed by atoms with Crippen molar-refractivity contribution in [1.29, 1.82) is 0 Å². The highest BCUT2D eigenvalue weighted by molar-refractivity contribution is 5.99. The van der Waals surface area contributed by atoms with Gasteiger partial charge in [0.05, 0.1) is 0 Å². The Morgan fingerprint density at radius 2 is 2.16 bits per heavy atom. The van der Waals surface area contributed by atoms with Crippen molar-refractivity contribution in [2.75, 3.05) is 18.0 Å². The van der Waals surface area contributed by atoms with Crippen LogP contribution in [0.15, 0.2) is 24.3 Å². The number of anilines is 1. The Labute approximate surface area is 113 Å². The molecule has 100 valence electrons. The molecule has 0 spiro atoms. The van der Waals surface area contributed by atoms with E-state index in [4.69, 9.17) is 0 Å². The Hall–Kier alpha value is -1.84. The Bertz CT molecular complexity index is 527. The molecule has 0 N–H and O–H groups in total. The molecule has 4 heteroatoms. The van der Waals surface area contributed by atoms with Crippen LogP contribution in [0, 0.1) is 0 Å². The van der Waals surface area contributed by atoms with Gasteiger partial charge in [-0.05, 0) is 31.4 Å². The molecule has 2 aliphatic rings. The van der Waals surface area contributed by atoms with Gasteiger partial charge in [-0.3, -0.25) is 9.59 Å². The number of likely N-dealkylation sites (tertiary alicyclic amines) is 1. The molecule has 2 aliphatic heterocycles. The van der Waals surface area contributed by atoms with E-state index in [1.54, 1.807) is 4.90 Å². The Morgan fingerprint density at radius 1 is 1.37 bits per heavy atom. The zero-order chi connectivity index (χ0) is 13.4. The highest BCUT2D eigenvalue weighted by Gasteiger charge is 2.32. The average molecular weight is 258 g/mol. The molecule has 19 heavy (non-hydrogen) atoms. The summed E-state index contributed by atoms with van der Waals surface area (Å²) >= 11 is 0. The summed E-state index contributed by atoms with van der Waals surface area (Å²) in [5.41, 5.74) is 2.22. The fourth-order valence-electron chi connectivity index (χ4n) is 3.06. The number of nitrogens with zero attached hydrogens (tertiary/aromatic N) is 2. The molecule has 0 saturated carbocycles. The molecule has 0 bridgehead atoms. The third-order valence-electron chi connectivity index (χ3n) is 3.97. The molecule has 1 aromatic rings. The van der Waals surface area contributed by atoms with Gasteiger partial charge in [0, 0.05) is 24.7 Å². The van der Waals surface area contributed by atoms with Gasteiger partial charge in [-0.2, -0.15) is 0 Å². The molecule has 0 unspecified atom stereocenters. The third-order valence-corrected chi connectivity index (χ3v) is 3.97. The topological polar surface area (TPSA) is 40.6 Å². The average Bonchev–Trinajstić information content (AvgIpc) is 2.92. The molecule has 1 atom stereocenters. The van der Waals surface area contributed by atoms with Crippen LogP contribution in [0.4, 0.5) is 5.69 Å². The molecule has 1 saturated heterocycles. The van der Waals surface area contributed by atoms with Gasteiger partial charge in [-0.1, -0.05) is 18.2 Å². The minimum Gasteiger partial charge on any atom is -0.333 e. The molecular formula is C15H18N2O2. The van der Waals surface area contributed by atoms with Crippen LogP contribution in [-0.4, -0.2) is 35.8 Å². The first-order valence-corrected chi connectivity index (χ1v) is 6.84. The lowest BCUT2D eigenvalue weighted by Crippen LogP contribution is -2.43. The van der Waals surface area contributed by atoms with E-state index < -0.39 is 0 Å². The highest BCUT2D eigenvalue weighted by Crippen LogP contribution is 2.32. The molecule has 0 radical (unpaired) electrons. The summed E-state index contributed by atoms with van der Waals surface area (Å²) < 4.78 is 0. The molecule has 2 heterocycles. The lowest BCUT2D eigenvalue weighted by atomic mass is 10.1. The summed E-state index contributed by atoms with van der Waals surface area (Å²) in [6.07, 6.45) is 2.35. The number of hydrogen-bond donors (Lipinski definition) is 0. The highest BCUT2D eigenvalue weighted by atomic mass is 16.2. The minimum absolute atomic E-state index is 0.0349. The maximum absolute atomic E-state index is 12.5. The Balaban J connectivity index is 1.78. The maximum Gasteiger partial charge on any atom is 0.246 e. The van der Waals surface area contributed by atoms with Crippen LogP contribution in [0.25, 0.3) is 0 Å². The quantitative estimate of drug-likeness (QED) is 0.808. The number of carbonyl (C=O) groups is 2. The second-order valence-electron chi connectivity index (χ2n) is 5.36. The molecular weight excluding hydrogens is 240 g/mol. The van der Waals surface area contributed by atoms with Crippen LogP contribution in [0.1, 0.15) is 25.3 Å².